The van der Waals surface area contributed by atoms with Crippen LogP contribution in [0.2, 0.25) is 0 Å². The Bertz CT molecular complexity index is 516. The van der Waals surface area contributed by atoms with Gasteiger partial charge in [0.1, 0.15) is 0 Å². The molecule has 21 heavy (non-hydrogen) atoms. The molecule has 1 saturated heterocycles. The van der Waals surface area contributed by atoms with Crippen molar-refractivity contribution >= 4 is 11.8 Å². The van der Waals surface area contributed by atoms with Gasteiger partial charge < -0.3 is 10.4 Å². The van der Waals surface area contributed by atoms with Gasteiger partial charge in [-0.2, -0.15) is 0 Å². The third-order valence-electron chi connectivity index (χ3n) is 3.89. The van der Waals surface area contributed by atoms with Crippen molar-refractivity contribution in [2.45, 2.75) is 31.8 Å². The number of benzene rings is 1. The lowest BCUT2D eigenvalue weighted by Crippen LogP contribution is -2.41. The van der Waals surface area contributed by atoms with E-state index in [1.165, 1.54) is 4.90 Å². The van der Waals surface area contributed by atoms with Crippen LogP contribution < -0.4 is 5.32 Å². The molecular weight excluding hydrogens is 268 g/mol. The summed E-state index contributed by atoms with van der Waals surface area (Å²) in [5.41, 5.74) is 0.116. The average molecular weight is 290 g/mol. The smallest absolute Gasteiger partial charge is 0.240 e. The van der Waals surface area contributed by atoms with Crippen LogP contribution in [-0.2, 0) is 15.0 Å². The first-order valence-electron chi connectivity index (χ1n) is 7.24. The van der Waals surface area contributed by atoms with Gasteiger partial charge in [0, 0.05) is 26.1 Å². The minimum atomic E-state index is -0.761. The Labute approximate surface area is 125 Å². The summed E-state index contributed by atoms with van der Waals surface area (Å²) in [6, 6.07) is 9.43. The van der Waals surface area contributed by atoms with E-state index in [1.807, 2.05) is 37.3 Å². The summed E-state index contributed by atoms with van der Waals surface area (Å²) < 4.78 is 0. The topological polar surface area (TPSA) is 69.6 Å². The minimum absolute atomic E-state index is 0.134. The first-order valence-corrected chi connectivity index (χ1v) is 7.24. The molecule has 1 heterocycles. The SMILES string of the molecule is CC(O)CNCCN1C(=O)CC(C)(c2ccccc2)C1=O. The molecule has 114 valence electrons. The third-order valence-corrected chi connectivity index (χ3v) is 3.89. The summed E-state index contributed by atoms with van der Waals surface area (Å²) in [6.45, 7) is 4.80. The molecule has 0 bridgehead atoms. The highest BCUT2D eigenvalue weighted by Crippen LogP contribution is 2.35. The van der Waals surface area contributed by atoms with Crippen molar-refractivity contribution in [3.63, 3.8) is 0 Å². The molecule has 1 aliphatic heterocycles. The lowest BCUT2D eigenvalue weighted by Gasteiger charge is -2.22. The van der Waals surface area contributed by atoms with Crippen LogP contribution in [0.15, 0.2) is 30.3 Å². The quantitative estimate of drug-likeness (QED) is 0.597. The van der Waals surface area contributed by atoms with Crippen molar-refractivity contribution in [1.29, 1.82) is 0 Å². The number of carbonyl (C=O) groups excluding carboxylic acids is 2. The summed E-state index contributed by atoms with van der Waals surface area (Å²) in [7, 11) is 0. The molecule has 0 spiro atoms. The molecule has 2 atom stereocenters. The average Bonchev–Trinajstić information content (AvgIpc) is 2.68. The number of amides is 2. The van der Waals surface area contributed by atoms with E-state index in [1.54, 1.807) is 6.92 Å². The van der Waals surface area contributed by atoms with Gasteiger partial charge in [-0.1, -0.05) is 30.3 Å². The number of likely N-dealkylation sites (tertiary alicyclic amines) is 1. The first-order chi connectivity index (χ1) is 9.95. The first kappa shape index (κ1) is 15.7. The van der Waals surface area contributed by atoms with Gasteiger partial charge in [-0.15, -0.1) is 0 Å². The molecular formula is C16H22N2O3. The predicted octanol–water partition coefficient (Wildman–Crippen LogP) is 0.674. The molecule has 2 N–H and O–H groups in total. The largest absolute Gasteiger partial charge is 0.392 e. The van der Waals surface area contributed by atoms with Crippen LogP contribution in [0.4, 0.5) is 0 Å². The maximum atomic E-state index is 12.6. The van der Waals surface area contributed by atoms with Crippen LogP contribution in [0.25, 0.3) is 0 Å². The highest BCUT2D eigenvalue weighted by molar-refractivity contribution is 6.08. The maximum absolute atomic E-state index is 12.6. The predicted molar refractivity (Wildman–Crippen MR) is 79.7 cm³/mol. The highest BCUT2D eigenvalue weighted by atomic mass is 16.3. The van der Waals surface area contributed by atoms with Crippen molar-refractivity contribution in [2.75, 3.05) is 19.6 Å². The van der Waals surface area contributed by atoms with Crippen molar-refractivity contribution in [3.05, 3.63) is 35.9 Å². The number of rotatable bonds is 6. The zero-order chi connectivity index (χ0) is 15.5. The molecule has 0 radical (unpaired) electrons. The van der Waals surface area contributed by atoms with Crippen LogP contribution in [0.5, 0.6) is 0 Å². The van der Waals surface area contributed by atoms with E-state index in [-0.39, 0.29) is 18.2 Å². The fourth-order valence-corrected chi connectivity index (χ4v) is 2.64. The van der Waals surface area contributed by atoms with Gasteiger partial charge in [0.2, 0.25) is 11.8 Å². The number of aliphatic hydroxyl groups is 1. The Balaban J connectivity index is 2.03. The summed E-state index contributed by atoms with van der Waals surface area (Å²) in [5, 5.41) is 12.2. The molecule has 0 aromatic heterocycles. The molecule has 1 aliphatic rings. The molecule has 2 amide bonds. The molecule has 5 nitrogen and oxygen atoms in total. The van der Waals surface area contributed by atoms with Gasteiger partial charge in [-0.05, 0) is 19.4 Å². The minimum Gasteiger partial charge on any atom is -0.392 e. The Morgan fingerprint density at radius 3 is 2.62 bits per heavy atom. The van der Waals surface area contributed by atoms with Crippen LogP contribution in [-0.4, -0.2) is 47.6 Å². The second-order valence-corrected chi connectivity index (χ2v) is 5.78. The van der Waals surface area contributed by atoms with Gasteiger partial charge >= 0.3 is 0 Å². The molecule has 1 aromatic carbocycles. The lowest BCUT2D eigenvalue weighted by atomic mass is 9.81. The normalized spacial score (nSPS) is 23.7. The summed E-state index contributed by atoms with van der Waals surface area (Å²) in [6.07, 6.45) is -0.226. The monoisotopic (exact) mass is 290 g/mol. The number of hydrogen-bond donors (Lipinski definition) is 2. The summed E-state index contributed by atoms with van der Waals surface area (Å²) >= 11 is 0. The second-order valence-electron chi connectivity index (χ2n) is 5.78. The standard InChI is InChI=1S/C16H22N2O3/c1-12(19)11-17-8-9-18-14(20)10-16(2,15(18)21)13-6-4-3-5-7-13/h3-7,12,17,19H,8-11H2,1-2H3. The molecule has 2 rings (SSSR count). The summed E-state index contributed by atoms with van der Waals surface area (Å²) in [4.78, 5) is 26.0. The third kappa shape index (κ3) is 3.31. The van der Waals surface area contributed by atoms with Crippen LogP contribution in [0.1, 0.15) is 25.8 Å². The van der Waals surface area contributed by atoms with E-state index < -0.39 is 11.5 Å². The number of imide groups is 1. The van der Waals surface area contributed by atoms with Crippen molar-refractivity contribution in [2.24, 2.45) is 0 Å². The molecule has 2 unspecified atom stereocenters. The number of aliphatic hydroxyl groups excluding tert-OH is 1. The fourth-order valence-electron chi connectivity index (χ4n) is 2.64. The van der Waals surface area contributed by atoms with Crippen molar-refractivity contribution < 1.29 is 14.7 Å². The molecule has 1 fully saturated rings. The van der Waals surface area contributed by atoms with Gasteiger partial charge in [0.15, 0.2) is 0 Å². The molecule has 0 aliphatic carbocycles. The number of carbonyl (C=O) groups is 2. The van der Waals surface area contributed by atoms with Crippen LogP contribution >= 0.6 is 0 Å². The Kier molecular flexibility index (Phi) is 4.75. The maximum Gasteiger partial charge on any atom is 0.240 e. The Morgan fingerprint density at radius 2 is 2.00 bits per heavy atom. The van der Waals surface area contributed by atoms with Crippen LogP contribution in [0.3, 0.4) is 0 Å². The molecule has 1 aromatic rings. The van der Waals surface area contributed by atoms with E-state index >= 15 is 0 Å². The van der Waals surface area contributed by atoms with E-state index in [2.05, 4.69) is 5.32 Å². The lowest BCUT2D eigenvalue weighted by molar-refractivity contribution is -0.139. The van der Waals surface area contributed by atoms with Crippen LogP contribution in [0, 0.1) is 0 Å². The van der Waals surface area contributed by atoms with Gasteiger partial charge in [-0.3, -0.25) is 14.5 Å². The van der Waals surface area contributed by atoms with E-state index in [9.17, 15) is 14.7 Å². The van der Waals surface area contributed by atoms with Crippen molar-refractivity contribution in [3.8, 4) is 0 Å². The van der Waals surface area contributed by atoms with Gasteiger partial charge in [0.05, 0.1) is 11.5 Å². The summed E-state index contributed by atoms with van der Waals surface area (Å²) in [5.74, 6) is -0.275. The fraction of sp³-hybridized carbons (Fsp3) is 0.500. The van der Waals surface area contributed by atoms with E-state index in [4.69, 9.17) is 0 Å². The van der Waals surface area contributed by atoms with Gasteiger partial charge in [-0.25, -0.2) is 0 Å². The number of nitrogens with zero attached hydrogens (tertiary/aromatic N) is 1. The molecule has 0 saturated carbocycles. The number of nitrogens with one attached hydrogen (secondary N) is 1. The highest BCUT2D eigenvalue weighted by Gasteiger charge is 2.48. The van der Waals surface area contributed by atoms with E-state index in [0.717, 1.165) is 5.56 Å². The van der Waals surface area contributed by atoms with E-state index in [0.29, 0.717) is 19.6 Å². The number of hydrogen-bond acceptors (Lipinski definition) is 4. The van der Waals surface area contributed by atoms with Crippen molar-refractivity contribution in [1.82, 2.24) is 10.2 Å². The zero-order valence-corrected chi connectivity index (χ0v) is 12.5. The second kappa shape index (κ2) is 6.37. The van der Waals surface area contributed by atoms with Gasteiger partial charge in [0.25, 0.3) is 0 Å². The zero-order valence-electron chi connectivity index (χ0n) is 12.5. The Hall–Kier alpha value is -1.72. The Morgan fingerprint density at radius 1 is 1.33 bits per heavy atom. The molecule has 5 heteroatoms.